The zero-order valence-corrected chi connectivity index (χ0v) is 7.75. The van der Waals surface area contributed by atoms with E-state index in [1.54, 1.807) is 0 Å². The smallest absolute Gasteiger partial charge is 0.122 e. The Kier molecular flexibility index (Phi) is 5.94. The van der Waals surface area contributed by atoms with Crippen LogP contribution in [0.5, 0.6) is 0 Å². The van der Waals surface area contributed by atoms with E-state index >= 15 is 0 Å². The topological polar surface area (TPSA) is 88.0 Å². The summed E-state index contributed by atoms with van der Waals surface area (Å²) in [6.07, 6.45) is 0.338. The Labute approximate surface area is 77.7 Å². The van der Waals surface area contributed by atoms with Gasteiger partial charge in [0, 0.05) is 6.42 Å². The second-order valence-electron chi connectivity index (χ2n) is 2.84. The van der Waals surface area contributed by atoms with Crippen LogP contribution in [0.3, 0.4) is 0 Å². The Morgan fingerprint density at radius 3 is 2.69 bits per heavy atom. The van der Waals surface area contributed by atoms with Crippen LogP contribution in [0.4, 0.5) is 0 Å². The molecule has 0 radical (unpaired) electrons. The van der Waals surface area contributed by atoms with Crippen molar-refractivity contribution in [3.8, 4) is 11.8 Å². The maximum Gasteiger partial charge on any atom is 0.122 e. The molecule has 2 unspecified atom stereocenters. The van der Waals surface area contributed by atoms with Gasteiger partial charge in [0.1, 0.15) is 12.1 Å². The van der Waals surface area contributed by atoms with Crippen molar-refractivity contribution in [1.29, 1.82) is 0 Å². The van der Waals surface area contributed by atoms with Crippen molar-refractivity contribution < 1.29 is 20.7 Å². The lowest BCUT2D eigenvalue weighted by molar-refractivity contribution is -0.436. The van der Waals surface area contributed by atoms with Crippen LogP contribution in [0.15, 0.2) is 0 Å². The minimum atomic E-state index is -1.18. The first-order valence-electron chi connectivity index (χ1n) is 4.24. The molecule has 0 aliphatic carbocycles. The van der Waals surface area contributed by atoms with Gasteiger partial charge >= 0.3 is 0 Å². The third-order valence-electron chi connectivity index (χ3n) is 1.68. The van der Waals surface area contributed by atoms with Crippen LogP contribution in [0.1, 0.15) is 26.2 Å². The Morgan fingerprint density at radius 2 is 2.23 bits per heavy atom. The summed E-state index contributed by atoms with van der Waals surface area (Å²) in [6, 6.07) is -0.153. The Hall–Kier alpha value is -1.05. The zero-order valence-electron chi connectivity index (χ0n) is 7.75. The number of rotatable bonds is 4. The number of aliphatic hydroxyl groups excluding tert-OH is 1. The molecule has 0 spiro atoms. The van der Waals surface area contributed by atoms with Gasteiger partial charge in [-0.3, -0.25) is 0 Å². The summed E-state index contributed by atoms with van der Waals surface area (Å²) in [6.45, 7) is 1.86. The summed E-state index contributed by atoms with van der Waals surface area (Å²) in [7, 11) is 0. The molecular weight excluding hydrogens is 170 g/mol. The van der Waals surface area contributed by atoms with E-state index in [-0.39, 0.29) is 12.5 Å². The summed E-state index contributed by atoms with van der Waals surface area (Å²) in [5.41, 5.74) is 3.71. The van der Waals surface area contributed by atoms with Gasteiger partial charge in [-0.05, 0) is 6.42 Å². The summed E-state index contributed by atoms with van der Waals surface area (Å²) in [5.74, 6) is 3.89. The molecule has 13 heavy (non-hydrogen) atoms. The molecule has 4 N–H and O–H groups in total. The molecule has 2 atom stereocenters. The lowest BCUT2D eigenvalue weighted by Crippen LogP contribution is -2.66. The monoisotopic (exact) mass is 185 g/mol. The van der Waals surface area contributed by atoms with Gasteiger partial charge in [0.15, 0.2) is 0 Å². The van der Waals surface area contributed by atoms with Crippen LogP contribution < -0.4 is 10.8 Å². The molecule has 0 aromatic rings. The molecule has 0 rings (SSSR count). The third-order valence-corrected chi connectivity index (χ3v) is 1.68. The predicted molar refractivity (Wildman–Crippen MR) is 45.0 cm³/mol. The van der Waals surface area contributed by atoms with Gasteiger partial charge < -0.3 is 20.7 Å². The molecule has 0 aromatic carbocycles. The molecule has 0 heterocycles. The Balaban J connectivity index is 3.72. The Bertz CT molecular complexity index is 217. The molecule has 4 nitrogen and oxygen atoms in total. The number of hydrogen-bond donors (Lipinski definition) is 2. The fraction of sp³-hybridized carbons (Fsp3) is 0.667. The molecule has 0 saturated carbocycles. The van der Waals surface area contributed by atoms with Gasteiger partial charge in [-0.1, -0.05) is 18.8 Å². The number of aliphatic carboxylic acids is 1. The fourth-order valence-corrected chi connectivity index (χ4v) is 0.807. The van der Waals surface area contributed by atoms with Gasteiger partial charge in [-0.25, -0.2) is 0 Å². The van der Waals surface area contributed by atoms with E-state index in [1.807, 2.05) is 6.92 Å². The Morgan fingerprint density at radius 1 is 1.62 bits per heavy atom. The van der Waals surface area contributed by atoms with Gasteiger partial charge in [-0.15, -0.1) is 0 Å². The van der Waals surface area contributed by atoms with Crippen molar-refractivity contribution in [3.63, 3.8) is 0 Å². The first-order valence-corrected chi connectivity index (χ1v) is 4.24. The number of carboxylic acid groups (broad SMARTS) is 1. The highest BCUT2D eigenvalue weighted by Crippen LogP contribution is 1.96. The molecule has 0 aliphatic rings. The molecule has 0 aliphatic heterocycles. The van der Waals surface area contributed by atoms with E-state index in [9.17, 15) is 15.0 Å². The number of carbonyl (C=O) groups excluding carboxylic acids is 1. The number of aliphatic hydroxyl groups is 1. The van der Waals surface area contributed by atoms with Crippen molar-refractivity contribution >= 4 is 5.97 Å². The van der Waals surface area contributed by atoms with E-state index in [0.717, 1.165) is 0 Å². The summed E-state index contributed by atoms with van der Waals surface area (Å²) >= 11 is 0. The van der Waals surface area contributed by atoms with Gasteiger partial charge in [-0.2, -0.15) is 0 Å². The molecule has 0 bridgehead atoms. The van der Waals surface area contributed by atoms with Gasteiger partial charge in [0.05, 0.1) is 12.4 Å². The summed E-state index contributed by atoms with van der Waals surface area (Å²) < 4.78 is 0. The number of carboxylic acids is 1. The minimum absolute atomic E-state index is 0.153. The second-order valence-corrected chi connectivity index (χ2v) is 2.84. The first-order chi connectivity index (χ1) is 6.07. The van der Waals surface area contributed by atoms with Gasteiger partial charge in [0.2, 0.25) is 0 Å². The normalized spacial score (nSPS) is 14.1. The highest BCUT2D eigenvalue weighted by atomic mass is 16.4. The molecule has 74 valence electrons. The average molecular weight is 185 g/mol. The zero-order chi connectivity index (χ0) is 10.3. The molecule has 4 heteroatoms. The summed E-state index contributed by atoms with van der Waals surface area (Å²) in [5, 5.41) is 19.2. The van der Waals surface area contributed by atoms with Crippen LogP contribution >= 0.6 is 0 Å². The molecule has 0 aromatic heterocycles. The highest BCUT2D eigenvalue weighted by Gasteiger charge is 2.13. The SMILES string of the molecule is CCC(O)C([NH3+])CC#CCC(=O)[O-]. The third kappa shape index (κ3) is 6.14. The van der Waals surface area contributed by atoms with Crippen molar-refractivity contribution in [2.75, 3.05) is 0 Å². The van der Waals surface area contributed by atoms with Crippen LogP contribution in [0.25, 0.3) is 0 Å². The van der Waals surface area contributed by atoms with Crippen LogP contribution in [0.2, 0.25) is 0 Å². The molecule has 0 saturated heterocycles. The fourth-order valence-electron chi connectivity index (χ4n) is 0.807. The van der Waals surface area contributed by atoms with Crippen molar-refractivity contribution in [2.45, 2.75) is 38.3 Å². The maximum atomic E-state index is 9.96. The lowest BCUT2D eigenvalue weighted by Gasteiger charge is -2.10. The summed E-state index contributed by atoms with van der Waals surface area (Å²) in [4.78, 5) is 9.96. The van der Waals surface area contributed by atoms with E-state index < -0.39 is 12.1 Å². The van der Waals surface area contributed by atoms with E-state index in [4.69, 9.17) is 0 Å². The van der Waals surface area contributed by atoms with Crippen molar-refractivity contribution in [1.82, 2.24) is 0 Å². The van der Waals surface area contributed by atoms with Crippen molar-refractivity contribution in [3.05, 3.63) is 0 Å². The number of quaternary nitrogens is 1. The first kappa shape index (κ1) is 11.9. The molecule has 0 amide bonds. The van der Waals surface area contributed by atoms with Crippen LogP contribution in [-0.2, 0) is 4.79 Å². The lowest BCUT2D eigenvalue weighted by atomic mass is 10.1. The number of carbonyl (C=O) groups is 1. The highest BCUT2D eigenvalue weighted by molar-refractivity contribution is 5.67. The minimum Gasteiger partial charge on any atom is -0.549 e. The van der Waals surface area contributed by atoms with E-state index in [2.05, 4.69) is 17.6 Å². The second kappa shape index (κ2) is 6.46. The molecular formula is C9H15NO3. The number of hydrogen-bond acceptors (Lipinski definition) is 3. The quantitative estimate of drug-likeness (QED) is 0.492. The van der Waals surface area contributed by atoms with E-state index in [0.29, 0.717) is 12.8 Å². The van der Waals surface area contributed by atoms with Gasteiger partial charge in [0.25, 0.3) is 0 Å². The van der Waals surface area contributed by atoms with E-state index in [1.165, 1.54) is 0 Å². The predicted octanol–water partition coefficient (Wildman–Crippen LogP) is -2.10. The molecule has 0 fully saturated rings. The van der Waals surface area contributed by atoms with Crippen LogP contribution in [-0.4, -0.2) is 23.2 Å². The largest absolute Gasteiger partial charge is 0.549 e. The van der Waals surface area contributed by atoms with Crippen LogP contribution in [0, 0.1) is 11.8 Å². The van der Waals surface area contributed by atoms with Crippen molar-refractivity contribution in [2.24, 2.45) is 0 Å². The standard InChI is InChI=1S/C9H15NO3/c1-2-8(11)7(10)5-3-4-6-9(12)13/h7-8,11H,2,5-6,10H2,1H3,(H,12,13). The average Bonchev–Trinajstić information content (AvgIpc) is 2.10. The maximum absolute atomic E-state index is 9.96.